The van der Waals surface area contributed by atoms with Crippen LogP contribution in [-0.2, 0) is 14.3 Å². The highest BCUT2D eigenvalue weighted by Gasteiger charge is 1.86. The van der Waals surface area contributed by atoms with Gasteiger partial charge in [-0.05, 0) is 0 Å². The van der Waals surface area contributed by atoms with Gasteiger partial charge in [0, 0.05) is 25.9 Å². The molecule has 0 atom stereocenters. The Bertz CT molecular complexity index is 158. The van der Waals surface area contributed by atoms with Crippen LogP contribution in [0.1, 0.15) is 0 Å². The van der Waals surface area contributed by atoms with Gasteiger partial charge in [-0.3, -0.25) is 0 Å². The first-order chi connectivity index (χ1) is 6.27. The van der Waals surface area contributed by atoms with Crippen LogP contribution in [0.5, 0.6) is 0 Å². The third-order valence-electron chi connectivity index (χ3n) is 1.17. The van der Waals surface area contributed by atoms with Crippen molar-refractivity contribution in [3.8, 4) is 0 Å². The van der Waals surface area contributed by atoms with Crippen LogP contribution < -0.4 is 5.32 Å². The molecule has 0 saturated carbocycles. The minimum Gasteiger partial charge on any atom is -0.478 e. The van der Waals surface area contributed by atoms with E-state index in [9.17, 15) is 4.79 Å². The van der Waals surface area contributed by atoms with Crippen LogP contribution in [0.4, 0.5) is 0 Å². The number of ether oxygens (including phenoxy) is 2. The quantitative estimate of drug-likeness (QED) is 0.410. The van der Waals surface area contributed by atoms with Gasteiger partial charge in [0.15, 0.2) is 0 Å². The largest absolute Gasteiger partial charge is 0.478 e. The van der Waals surface area contributed by atoms with Crippen molar-refractivity contribution in [1.29, 1.82) is 0 Å². The molecule has 13 heavy (non-hydrogen) atoms. The molecule has 76 valence electrons. The average Bonchev–Trinajstić information content (AvgIpc) is 2.09. The minimum atomic E-state index is -0.965. The number of nitrogens with one attached hydrogen (secondary N) is 1. The van der Waals surface area contributed by atoms with Gasteiger partial charge in [-0.15, -0.1) is 0 Å². The Morgan fingerprint density at radius 3 is 2.85 bits per heavy atom. The fourth-order valence-corrected chi connectivity index (χ4v) is 0.589. The Morgan fingerprint density at radius 2 is 2.23 bits per heavy atom. The molecule has 0 aromatic carbocycles. The topological polar surface area (TPSA) is 67.8 Å². The first-order valence-corrected chi connectivity index (χ1v) is 3.97. The molecule has 0 bridgehead atoms. The monoisotopic (exact) mass is 189 g/mol. The van der Waals surface area contributed by atoms with Crippen LogP contribution in [0.15, 0.2) is 12.3 Å². The molecular weight excluding hydrogens is 174 g/mol. The zero-order valence-electron chi connectivity index (χ0n) is 7.66. The Hall–Kier alpha value is -1.07. The van der Waals surface area contributed by atoms with Crippen LogP contribution in [0.3, 0.4) is 0 Å². The fraction of sp³-hybridized carbons (Fsp3) is 0.625. The second-order valence-corrected chi connectivity index (χ2v) is 2.23. The van der Waals surface area contributed by atoms with Gasteiger partial charge < -0.3 is 19.9 Å². The molecule has 0 radical (unpaired) electrons. The Labute approximate surface area is 77.3 Å². The summed E-state index contributed by atoms with van der Waals surface area (Å²) < 4.78 is 9.88. The molecule has 0 heterocycles. The average molecular weight is 189 g/mol. The number of carboxylic acids is 1. The molecule has 0 aliphatic rings. The summed E-state index contributed by atoms with van der Waals surface area (Å²) >= 11 is 0. The van der Waals surface area contributed by atoms with Crippen molar-refractivity contribution < 1.29 is 19.4 Å². The summed E-state index contributed by atoms with van der Waals surface area (Å²) in [6.45, 7) is 2.26. The Balaban J connectivity index is 3.03. The van der Waals surface area contributed by atoms with Crippen LogP contribution in [0.25, 0.3) is 0 Å². The van der Waals surface area contributed by atoms with Crippen molar-refractivity contribution in [1.82, 2.24) is 5.32 Å². The molecule has 0 fully saturated rings. The molecule has 0 aliphatic carbocycles. The van der Waals surface area contributed by atoms with Gasteiger partial charge in [0.25, 0.3) is 0 Å². The standard InChI is InChI=1S/C8H15NO4/c1-12-6-7-13-5-4-9-3-2-8(10)11/h2-3,9H,4-7H2,1H3,(H,10,11)/b3-2+. The van der Waals surface area contributed by atoms with Gasteiger partial charge in [-0.25, -0.2) is 4.79 Å². The summed E-state index contributed by atoms with van der Waals surface area (Å²) in [4.78, 5) is 10.00. The van der Waals surface area contributed by atoms with Gasteiger partial charge in [0.1, 0.15) is 0 Å². The van der Waals surface area contributed by atoms with E-state index in [2.05, 4.69) is 5.32 Å². The molecule has 2 N–H and O–H groups in total. The van der Waals surface area contributed by atoms with Gasteiger partial charge in [0.2, 0.25) is 0 Å². The van der Waals surface area contributed by atoms with Crippen LogP contribution in [0, 0.1) is 0 Å². The molecule has 0 saturated heterocycles. The highest BCUT2D eigenvalue weighted by molar-refractivity contribution is 5.79. The second kappa shape index (κ2) is 9.02. The fourth-order valence-electron chi connectivity index (χ4n) is 0.589. The Morgan fingerprint density at radius 1 is 1.46 bits per heavy atom. The smallest absolute Gasteiger partial charge is 0.329 e. The maximum Gasteiger partial charge on any atom is 0.329 e. The molecule has 0 unspecified atom stereocenters. The maximum atomic E-state index is 10.00. The lowest BCUT2D eigenvalue weighted by atomic mass is 10.6. The first-order valence-electron chi connectivity index (χ1n) is 3.97. The van der Waals surface area contributed by atoms with E-state index in [-0.39, 0.29) is 0 Å². The minimum absolute atomic E-state index is 0.535. The van der Waals surface area contributed by atoms with E-state index in [4.69, 9.17) is 14.6 Å². The molecule has 5 nitrogen and oxygen atoms in total. The first kappa shape index (κ1) is 11.9. The highest BCUT2D eigenvalue weighted by Crippen LogP contribution is 1.75. The third kappa shape index (κ3) is 10.9. The maximum absolute atomic E-state index is 10.00. The summed E-state index contributed by atoms with van der Waals surface area (Å²) in [5.41, 5.74) is 0. The van der Waals surface area contributed by atoms with Crippen molar-refractivity contribution in [2.24, 2.45) is 0 Å². The van der Waals surface area contributed by atoms with Gasteiger partial charge in [-0.2, -0.15) is 0 Å². The summed E-state index contributed by atoms with van der Waals surface area (Å²) in [5, 5.41) is 11.0. The van der Waals surface area contributed by atoms with Gasteiger partial charge in [-0.1, -0.05) is 0 Å². The lowest BCUT2D eigenvalue weighted by Gasteiger charge is -2.02. The third-order valence-corrected chi connectivity index (χ3v) is 1.17. The van der Waals surface area contributed by atoms with Crippen LogP contribution in [0.2, 0.25) is 0 Å². The number of hydrogen-bond acceptors (Lipinski definition) is 4. The van der Waals surface area contributed by atoms with Gasteiger partial charge in [0.05, 0.1) is 19.8 Å². The van der Waals surface area contributed by atoms with Crippen molar-refractivity contribution in [2.45, 2.75) is 0 Å². The van der Waals surface area contributed by atoms with E-state index in [1.165, 1.54) is 6.20 Å². The van der Waals surface area contributed by atoms with Crippen molar-refractivity contribution in [3.63, 3.8) is 0 Å². The highest BCUT2D eigenvalue weighted by atomic mass is 16.5. The van der Waals surface area contributed by atoms with Crippen molar-refractivity contribution >= 4 is 5.97 Å². The zero-order valence-corrected chi connectivity index (χ0v) is 7.66. The number of aliphatic carboxylic acids is 1. The van der Waals surface area contributed by atoms with E-state index in [0.29, 0.717) is 26.4 Å². The second-order valence-electron chi connectivity index (χ2n) is 2.23. The van der Waals surface area contributed by atoms with Crippen LogP contribution >= 0.6 is 0 Å². The van der Waals surface area contributed by atoms with Crippen molar-refractivity contribution in [3.05, 3.63) is 12.3 Å². The van der Waals surface area contributed by atoms with E-state index in [1.807, 2.05) is 0 Å². The number of rotatable bonds is 8. The number of carbonyl (C=O) groups is 1. The summed E-state index contributed by atoms with van der Waals surface area (Å²) in [6, 6.07) is 0. The van der Waals surface area contributed by atoms with Crippen LogP contribution in [-0.4, -0.2) is 44.6 Å². The van der Waals surface area contributed by atoms with E-state index >= 15 is 0 Å². The molecule has 0 amide bonds. The zero-order chi connectivity index (χ0) is 9.94. The predicted molar refractivity (Wildman–Crippen MR) is 47.5 cm³/mol. The van der Waals surface area contributed by atoms with Gasteiger partial charge >= 0.3 is 5.97 Å². The molecule has 0 aliphatic heterocycles. The summed E-state index contributed by atoms with van der Waals surface area (Å²) in [5.74, 6) is -0.965. The number of methoxy groups -OCH3 is 1. The van der Waals surface area contributed by atoms with E-state index < -0.39 is 5.97 Å². The molecule has 0 spiro atoms. The number of carboxylic acid groups (broad SMARTS) is 1. The lowest BCUT2D eigenvalue weighted by Crippen LogP contribution is -2.15. The summed E-state index contributed by atoms with van der Waals surface area (Å²) in [6.07, 6.45) is 2.41. The van der Waals surface area contributed by atoms with E-state index in [0.717, 1.165) is 6.08 Å². The van der Waals surface area contributed by atoms with E-state index in [1.54, 1.807) is 7.11 Å². The Kier molecular flexibility index (Phi) is 8.28. The summed E-state index contributed by atoms with van der Waals surface area (Å²) in [7, 11) is 1.61. The normalized spacial score (nSPS) is 10.5. The number of hydrogen-bond donors (Lipinski definition) is 2. The lowest BCUT2D eigenvalue weighted by molar-refractivity contribution is -0.131. The molecule has 0 aromatic rings. The predicted octanol–water partition coefficient (Wildman–Crippen LogP) is -0.163. The molecule has 0 aromatic heterocycles. The molecular formula is C8H15NO4. The SMILES string of the molecule is COCCOCCN/C=C/C(=O)O. The molecule has 0 rings (SSSR count). The van der Waals surface area contributed by atoms with Crippen molar-refractivity contribution in [2.75, 3.05) is 33.5 Å². The molecule has 5 heteroatoms.